The molecule has 2 aromatic carbocycles. The van der Waals surface area contributed by atoms with Gasteiger partial charge < -0.3 is 24.4 Å². The quantitative estimate of drug-likeness (QED) is 0.762. The van der Waals surface area contributed by atoms with Gasteiger partial charge in [0.15, 0.2) is 0 Å². The van der Waals surface area contributed by atoms with Crippen molar-refractivity contribution in [2.75, 3.05) is 30.4 Å². The monoisotopic (exact) mass is 392 g/mol. The van der Waals surface area contributed by atoms with Crippen molar-refractivity contribution in [3.8, 4) is 11.5 Å². The average Bonchev–Trinajstić information content (AvgIpc) is 2.68. The molecule has 1 heterocycles. The number of alkyl halides is 2. The van der Waals surface area contributed by atoms with Gasteiger partial charge in [-0.15, -0.1) is 0 Å². The normalized spacial score (nSPS) is 15.4. The largest absolute Gasteiger partial charge is 0.475 e. The summed E-state index contributed by atoms with van der Waals surface area (Å²) in [5.41, 5.74) is 1.11. The maximum Gasteiger partial charge on any atom is 0.387 e. The lowest BCUT2D eigenvalue weighted by atomic mass is 10.2. The van der Waals surface area contributed by atoms with Crippen LogP contribution in [-0.4, -0.2) is 44.8 Å². The van der Waals surface area contributed by atoms with E-state index in [4.69, 9.17) is 9.47 Å². The first kappa shape index (κ1) is 19.4. The van der Waals surface area contributed by atoms with Crippen LogP contribution < -0.4 is 19.7 Å². The summed E-state index contributed by atoms with van der Waals surface area (Å²) in [6.45, 7) is -2.80. The van der Waals surface area contributed by atoms with Crippen LogP contribution in [0.2, 0.25) is 0 Å². The number of carbonyl (C=O) groups is 2. The van der Waals surface area contributed by atoms with Crippen LogP contribution in [0.1, 0.15) is 0 Å². The SMILES string of the molecule is COC(=O)[C@@H]1CN(CC(=O)Nc2ccc(OC(F)F)cc2)c2ccccc2O1. The summed E-state index contributed by atoms with van der Waals surface area (Å²) in [4.78, 5) is 26.0. The molecule has 3 rings (SSSR count). The first-order chi connectivity index (χ1) is 13.5. The number of esters is 1. The van der Waals surface area contributed by atoms with Gasteiger partial charge in [-0.3, -0.25) is 4.79 Å². The maximum absolute atomic E-state index is 12.4. The molecule has 9 heteroatoms. The second-order valence-corrected chi connectivity index (χ2v) is 5.93. The number of para-hydroxylation sites is 2. The zero-order valence-electron chi connectivity index (χ0n) is 14.9. The van der Waals surface area contributed by atoms with E-state index in [1.54, 1.807) is 29.2 Å². The van der Waals surface area contributed by atoms with E-state index in [1.807, 2.05) is 0 Å². The highest BCUT2D eigenvalue weighted by Crippen LogP contribution is 2.33. The summed E-state index contributed by atoms with van der Waals surface area (Å²) in [5, 5.41) is 2.68. The molecule has 2 aromatic rings. The number of anilines is 2. The maximum atomic E-state index is 12.4. The van der Waals surface area contributed by atoms with E-state index in [-0.39, 0.29) is 24.7 Å². The number of hydrogen-bond donors (Lipinski definition) is 1. The molecular formula is C19H18F2N2O5. The van der Waals surface area contributed by atoms with Gasteiger partial charge in [0, 0.05) is 5.69 Å². The fourth-order valence-corrected chi connectivity index (χ4v) is 2.80. The zero-order chi connectivity index (χ0) is 20.1. The van der Waals surface area contributed by atoms with Gasteiger partial charge in [0.25, 0.3) is 0 Å². The number of nitrogens with one attached hydrogen (secondary N) is 1. The van der Waals surface area contributed by atoms with E-state index in [0.29, 0.717) is 17.1 Å². The number of ether oxygens (including phenoxy) is 3. The number of benzene rings is 2. The van der Waals surface area contributed by atoms with E-state index in [9.17, 15) is 18.4 Å². The van der Waals surface area contributed by atoms with Gasteiger partial charge in [0.1, 0.15) is 11.5 Å². The van der Waals surface area contributed by atoms with E-state index in [1.165, 1.54) is 31.4 Å². The third kappa shape index (κ3) is 4.67. The van der Waals surface area contributed by atoms with Crippen molar-refractivity contribution >= 4 is 23.3 Å². The Balaban J connectivity index is 1.67. The minimum Gasteiger partial charge on any atom is -0.475 e. The fourth-order valence-electron chi connectivity index (χ4n) is 2.80. The number of amides is 1. The van der Waals surface area contributed by atoms with Gasteiger partial charge in [-0.05, 0) is 36.4 Å². The van der Waals surface area contributed by atoms with Crippen LogP contribution in [0, 0.1) is 0 Å². The van der Waals surface area contributed by atoms with Crippen LogP contribution in [0.3, 0.4) is 0 Å². The van der Waals surface area contributed by atoms with E-state index in [0.717, 1.165) is 0 Å². The highest BCUT2D eigenvalue weighted by molar-refractivity contribution is 5.94. The molecule has 0 spiro atoms. The van der Waals surface area contributed by atoms with Crippen LogP contribution in [0.5, 0.6) is 11.5 Å². The van der Waals surface area contributed by atoms with E-state index >= 15 is 0 Å². The fraction of sp³-hybridized carbons (Fsp3) is 0.263. The molecule has 0 saturated carbocycles. The van der Waals surface area contributed by atoms with Gasteiger partial charge in [-0.1, -0.05) is 12.1 Å². The summed E-state index contributed by atoms with van der Waals surface area (Å²) in [6.07, 6.45) is -0.849. The second-order valence-electron chi connectivity index (χ2n) is 5.93. The molecule has 1 atom stereocenters. The number of hydrogen-bond acceptors (Lipinski definition) is 6. The van der Waals surface area contributed by atoms with E-state index < -0.39 is 18.7 Å². The van der Waals surface area contributed by atoms with Crippen molar-refractivity contribution in [2.24, 2.45) is 0 Å². The molecule has 1 N–H and O–H groups in total. The van der Waals surface area contributed by atoms with Gasteiger partial charge in [-0.2, -0.15) is 8.78 Å². The second kappa shape index (κ2) is 8.55. The van der Waals surface area contributed by atoms with Crippen LogP contribution in [0.25, 0.3) is 0 Å². The zero-order valence-corrected chi connectivity index (χ0v) is 14.9. The molecule has 0 aliphatic carbocycles. The number of methoxy groups -OCH3 is 1. The average molecular weight is 392 g/mol. The third-order valence-electron chi connectivity index (χ3n) is 4.02. The Morgan fingerprint density at radius 2 is 1.93 bits per heavy atom. The molecule has 1 amide bonds. The van der Waals surface area contributed by atoms with Crippen molar-refractivity contribution in [3.05, 3.63) is 48.5 Å². The van der Waals surface area contributed by atoms with Crippen LogP contribution in [0.15, 0.2) is 48.5 Å². The predicted molar refractivity (Wildman–Crippen MR) is 96.8 cm³/mol. The number of halogens is 2. The predicted octanol–water partition coefficient (Wildman–Crippen LogP) is 2.67. The van der Waals surface area contributed by atoms with E-state index in [2.05, 4.69) is 10.1 Å². The smallest absolute Gasteiger partial charge is 0.387 e. The van der Waals surface area contributed by atoms with Crippen LogP contribution >= 0.6 is 0 Å². The Morgan fingerprint density at radius 1 is 1.21 bits per heavy atom. The van der Waals surface area contributed by atoms with Crippen LogP contribution in [0.4, 0.5) is 20.2 Å². The highest BCUT2D eigenvalue weighted by Gasteiger charge is 2.32. The molecule has 28 heavy (non-hydrogen) atoms. The van der Waals surface area contributed by atoms with Gasteiger partial charge >= 0.3 is 12.6 Å². The number of nitrogens with zero attached hydrogens (tertiary/aromatic N) is 1. The molecule has 0 radical (unpaired) electrons. The summed E-state index contributed by atoms with van der Waals surface area (Å²) in [7, 11) is 1.27. The Kier molecular flexibility index (Phi) is 5.93. The van der Waals surface area contributed by atoms with Crippen molar-refractivity contribution in [1.29, 1.82) is 0 Å². The van der Waals surface area contributed by atoms with Crippen molar-refractivity contribution < 1.29 is 32.6 Å². The summed E-state index contributed by atoms with van der Waals surface area (Å²) >= 11 is 0. The summed E-state index contributed by atoms with van der Waals surface area (Å²) < 4.78 is 39.0. The lowest BCUT2D eigenvalue weighted by molar-refractivity contribution is -0.148. The molecule has 0 bridgehead atoms. The number of rotatable bonds is 6. The number of fused-ring (bicyclic) bond motifs is 1. The minimum atomic E-state index is -2.91. The molecule has 7 nitrogen and oxygen atoms in total. The molecule has 1 aliphatic heterocycles. The van der Waals surface area contributed by atoms with Crippen molar-refractivity contribution in [2.45, 2.75) is 12.7 Å². The Hall–Kier alpha value is -3.36. The molecule has 0 saturated heterocycles. The van der Waals surface area contributed by atoms with Crippen molar-refractivity contribution in [3.63, 3.8) is 0 Å². The highest BCUT2D eigenvalue weighted by atomic mass is 19.3. The topological polar surface area (TPSA) is 77.1 Å². The molecule has 0 fully saturated rings. The lowest BCUT2D eigenvalue weighted by Crippen LogP contribution is -2.47. The molecule has 0 aromatic heterocycles. The Bertz CT molecular complexity index is 844. The Labute approximate surface area is 159 Å². The third-order valence-corrected chi connectivity index (χ3v) is 4.02. The standard InChI is InChI=1S/C19H18F2N2O5/c1-26-18(25)16-10-23(14-4-2-3-5-15(14)28-16)11-17(24)22-12-6-8-13(9-7-12)27-19(20)21/h2-9,16,19H,10-11H2,1H3,(H,22,24)/t16-/m0/s1. The van der Waals surface area contributed by atoms with Crippen molar-refractivity contribution in [1.82, 2.24) is 0 Å². The van der Waals surface area contributed by atoms with Gasteiger partial charge in [0.2, 0.25) is 12.0 Å². The number of carbonyl (C=O) groups excluding carboxylic acids is 2. The molecule has 148 valence electrons. The van der Waals surface area contributed by atoms with Gasteiger partial charge in [0.05, 0.1) is 25.9 Å². The first-order valence-corrected chi connectivity index (χ1v) is 8.39. The first-order valence-electron chi connectivity index (χ1n) is 8.39. The summed E-state index contributed by atoms with van der Waals surface area (Å²) in [6, 6.07) is 12.6. The van der Waals surface area contributed by atoms with Crippen LogP contribution in [-0.2, 0) is 14.3 Å². The molecular weight excluding hydrogens is 374 g/mol. The minimum absolute atomic E-state index is 0.00368. The molecule has 0 unspecified atom stereocenters. The lowest BCUT2D eigenvalue weighted by Gasteiger charge is -2.34. The summed E-state index contributed by atoms with van der Waals surface area (Å²) in [5.74, 6) is -0.404. The molecule has 1 aliphatic rings. The Morgan fingerprint density at radius 3 is 2.61 bits per heavy atom. The van der Waals surface area contributed by atoms with Gasteiger partial charge in [-0.25, -0.2) is 4.79 Å².